The molecular weight excluding hydrogens is 291 g/mol. The van der Waals surface area contributed by atoms with Crippen LogP contribution in [0.25, 0.3) is 0 Å². The van der Waals surface area contributed by atoms with Crippen molar-refractivity contribution in [1.82, 2.24) is 14.7 Å². The van der Waals surface area contributed by atoms with Gasteiger partial charge >= 0.3 is 6.18 Å². The molecule has 124 valence electrons. The first kappa shape index (κ1) is 15.8. The maximum Gasteiger partial charge on any atom is 0.395 e. The molecule has 3 nitrogen and oxygen atoms in total. The van der Waals surface area contributed by atoms with E-state index in [1.807, 2.05) is 15.8 Å². The van der Waals surface area contributed by atoms with Crippen molar-refractivity contribution in [2.45, 2.75) is 57.7 Å². The van der Waals surface area contributed by atoms with Gasteiger partial charge in [0.15, 0.2) is 0 Å². The summed E-state index contributed by atoms with van der Waals surface area (Å²) in [5.41, 5.74) is -0.214. The molecule has 0 aromatic carbocycles. The van der Waals surface area contributed by atoms with E-state index in [4.69, 9.17) is 0 Å². The van der Waals surface area contributed by atoms with Crippen molar-refractivity contribution in [2.24, 2.45) is 5.41 Å². The molecule has 1 aliphatic heterocycles. The van der Waals surface area contributed by atoms with E-state index in [0.29, 0.717) is 25.3 Å². The van der Waals surface area contributed by atoms with E-state index in [0.717, 1.165) is 32.4 Å². The normalized spacial score (nSPS) is 23.5. The Kier molecular flexibility index (Phi) is 4.23. The Bertz CT molecular complexity index is 497. The minimum absolute atomic E-state index is 0.183. The molecule has 2 heterocycles. The van der Waals surface area contributed by atoms with Gasteiger partial charge in [-0.05, 0) is 37.7 Å². The number of alkyl halides is 3. The van der Waals surface area contributed by atoms with Crippen LogP contribution < -0.4 is 0 Å². The Morgan fingerprint density at radius 3 is 2.41 bits per heavy atom. The van der Waals surface area contributed by atoms with Crippen molar-refractivity contribution >= 4 is 0 Å². The quantitative estimate of drug-likeness (QED) is 0.842. The molecule has 0 bridgehead atoms. The third kappa shape index (κ3) is 2.90. The van der Waals surface area contributed by atoms with Crippen LogP contribution in [0, 0.1) is 5.41 Å². The fourth-order valence-corrected chi connectivity index (χ4v) is 3.66. The molecule has 1 aliphatic carbocycles. The van der Waals surface area contributed by atoms with Gasteiger partial charge in [0.1, 0.15) is 0 Å². The smallest absolute Gasteiger partial charge is 0.302 e. The zero-order valence-electron chi connectivity index (χ0n) is 13.1. The SMILES string of the molecule is CCc1cnn(C2CCN(CC3(C(F)(F)F)CCC3)CC2)c1. The standard InChI is InChI=1S/C16H24F3N3/c1-2-13-10-20-22(11-13)14-4-8-21(9-5-14)12-15(6-3-7-15)16(17,18)19/h10-11,14H,2-9,12H2,1H3. The molecule has 1 aromatic heterocycles. The van der Waals surface area contributed by atoms with Crippen LogP contribution in [-0.2, 0) is 6.42 Å². The van der Waals surface area contributed by atoms with Crippen LogP contribution in [0.15, 0.2) is 12.4 Å². The van der Waals surface area contributed by atoms with Gasteiger partial charge in [0.05, 0.1) is 17.7 Å². The highest BCUT2D eigenvalue weighted by molar-refractivity contribution is 5.04. The molecule has 1 saturated carbocycles. The zero-order chi connectivity index (χ0) is 15.8. The average Bonchev–Trinajstić information content (AvgIpc) is 2.91. The number of nitrogens with zero attached hydrogens (tertiary/aromatic N) is 3. The molecule has 0 N–H and O–H groups in total. The maximum atomic E-state index is 13.3. The Morgan fingerprint density at radius 2 is 1.95 bits per heavy atom. The number of piperidine rings is 1. The second kappa shape index (κ2) is 5.87. The van der Waals surface area contributed by atoms with Gasteiger partial charge in [0, 0.05) is 25.8 Å². The molecule has 0 radical (unpaired) electrons. The summed E-state index contributed by atoms with van der Waals surface area (Å²) in [6.45, 7) is 3.76. The monoisotopic (exact) mass is 315 g/mol. The molecular formula is C16H24F3N3. The van der Waals surface area contributed by atoms with Crippen LogP contribution in [0.2, 0.25) is 0 Å². The number of hydrogen-bond acceptors (Lipinski definition) is 2. The summed E-state index contributed by atoms with van der Waals surface area (Å²) in [6.07, 6.45) is 3.96. The van der Waals surface area contributed by atoms with Crippen molar-refractivity contribution in [3.63, 3.8) is 0 Å². The molecule has 2 aliphatic rings. The minimum atomic E-state index is -4.06. The van der Waals surface area contributed by atoms with Crippen LogP contribution in [0.4, 0.5) is 13.2 Å². The molecule has 0 amide bonds. The summed E-state index contributed by atoms with van der Waals surface area (Å²) < 4.78 is 41.8. The van der Waals surface area contributed by atoms with Crippen LogP contribution in [0.5, 0.6) is 0 Å². The highest BCUT2D eigenvalue weighted by atomic mass is 19.4. The van der Waals surface area contributed by atoms with Crippen molar-refractivity contribution in [3.05, 3.63) is 18.0 Å². The van der Waals surface area contributed by atoms with Crippen molar-refractivity contribution in [2.75, 3.05) is 19.6 Å². The van der Waals surface area contributed by atoms with E-state index in [1.165, 1.54) is 5.56 Å². The Hall–Kier alpha value is -1.04. The molecule has 22 heavy (non-hydrogen) atoms. The molecule has 2 fully saturated rings. The zero-order valence-corrected chi connectivity index (χ0v) is 13.1. The lowest BCUT2D eigenvalue weighted by atomic mass is 9.67. The Morgan fingerprint density at radius 1 is 1.27 bits per heavy atom. The van der Waals surface area contributed by atoms with Gasteiger partial charge in [-0.25, -0.2) is 0 Å². The predicted molar refractivity (Wildman–Crippen MR) is 78.7 cm³/mol. The summed E-state index contributed by atoms with van der Waals surface area (Å²) in [5, 5.41) is 4.40. The van der Waals surface area contributed by atoms with Crippen LogP contribution in [0.3, 0.4) is 0 Å². The molecule has 0 spiro atoms. The highest BCUT2D eigenvalue weighted by Gasteiger charge is 2.58. The van der Waals surface area contributed by atoms with E-state index in [2.05, 4.69) is 18.2 Å². The Labute approximate surface area is 129 Å². The number of aromatic nitrogens is 2. The van der Waals surface area contributed by atoms with Crippen molar-refractivity contribution < 1.29 is 13.2 Å². The van der Waals surface area contributed by atoms with Crippen molar-refractivity contribution in [1.29, 1.82) is 0 Å². The lowest BCUT2D eigenvalue weighted by Crippen LogP contribution is -2.53. The number of likely N-dealkylation sites (tertiary alicyclic amines) is 1. The summed E-state index contributed by atoms with van der Waals surface area (Å²) in [4.78, 5) is 2.01. The first-order valence-electron chi connectivity index (χ1n) is 8.26. The third-order valence-electron chi connectivity index (χ3n) is 5.43. The van der Waals surface area contributed by atoms with Gasteiger partial charge in [-0.15, -0.1) is 0 Å². The lowest BCUT2D eigenvalue weighted by molar-refractivity contribution is -0.256. The topological polar surface area (TPSA) is 21.1 Å². The highest BCUT2D eigenvalue weighted by Crippen LogP contribution is 2.53. The van der Waals surface area contributed by atoms with Gasteiger partial charge in [0.2, 0.25) is 0 Å². The maximum absolute atomic E-state index is 13.3. The molecule has 0 atom stereocenters. The molecule has 1 saturated heterocycles. The number of aryl methyl sites for hydroxylation is 1. The molecule has 0 unspecified atom stereocenters. The van der Waals surface area contributed by atoms with E-state index in [9.17, 15) is 13.2 Å². The average molecular weight is 315 g/mol. The summed E-state index contributed by atoms with van der Waals surface area (Å²) >= 11 is 0. The minimum Gasteiger partial charge on any atom is -0.302 e. The van der Waals surface area contributed by atoms with Gasteiger partial charge in [-0.2, -0.15) is 18.3 Å². The summed E-state index contributed by atoms with van der Waals surface area (Å²) in [5.74, 6) is 0. The summed E-state index contributed by atoms with van der Waals surface area (Å²) in [6, 6.07) is 0.333. The number of rotatable bonds is 4. The first-order chi connectivity index (χ1) is 10.4. The van der Waals surface area contributed by atoms with Crippen molar-refractivity contribution in [3.8, 4) is 0 Å². The fraction of sp³-hybridized carbons (Fsp3) is 0.812. The number of halogens is 3. The van der Waals surface area contributed by atoms with Gasteiger partial charge in [-0.3, -0.25) is 4.68 Å². The number of hydrogen-bond donors (Lipinski definition) is 0. The van der Waals surface area contributed by atoms with E-state index < -0.39 is 11.6 Å². The van der Waals surface area contributed by atoms with Gasteiger partial charge in [0.25, 0.3) is 0 Å². The molecule has 1 aromatic rings. The fourth-order valence-electron chi connectivity index (χ4n) is 3.66. The van der Waals surface area contributed by atoms with Crippen LogP contribution in [-0.4, -0.2) is 40.5 Å². The second-order valence-corrected chi connectivity index (χ2v) is 6.82. The largest absolute Gasteiger partial charge is 0.395 e. The molecule has 3 rings (SSSR count). The Balaban J connectivity index is 1.55. The predicted octanol–water partition coefficient (Wildman–Crippen LogP) is 3.82. The van der Waals surface area contributed by atoms with Gasteiger partial charge < -0.3 is 4.90 Å². The van der Waals surface area contributed by atoms with E-state index >= 15 is 0 Å². The van der Waals surface area contributed by atoms with Gasteiger partial charge in [-0.1, -0.05) is 13.3 Å². The van der Waals surface area contributed by atoms with Crippen LogP contribution >= 0.6 is 0 Å². The molecule has 6 heteroatoms. The third-order valence-corrected chi connectivity index (χ3v) is 5.43. The second-order valence-electron chi connectivity index (χ2n) is 6.82. The van der Waals surface area contributed by atoms with E-state index in [1.54, 1.807) is 0 Å². The lowest BCUT2D eigenvalue weighted by Gasteiger charge is -2.47. The summed E-state index contributed by atoms with van der Waals surface area (Å²) in [7, 11) is 0. The first-order valence-corrected chi connectivity index (χ1v) is 8.26. The van der Waals surface area contributed by atoms with Crippen LogP contribution in [0.1, 0.15) is 50.6 Å². The van der Waals surface area contributed by atoms with E-state index in [-0.39, 0.29) is 6.54 Å².